The van der Waals surface area contributed by atoms with Gasteiger partial charge >= 0.3 is 5.97 Å². The molecule has 0 bridgehead atoms. The van der Waals surface area contributed by atoms with Gasteiger partial charge in [0.1, 0.15) is 0 Å². The van der Waals surface area contributed by atoms with Crippen LogP contribution in [0.1, 0.15) is 19.8 Å². The normalized spacial score (nSPS) is 17.9. The number of nitrogens with zero attached hydrogens (tertiary/aromatic N) is 2. The molecule has 21 heavy (non-hydrogen) atoms. The van der Waals surface area contributed by atoms with Gasteiger partial charge in [0.05, 0.1) is 12.6 Å². The van der Waals surface area contributed by atoms with Crippen LogP contribution in [0.3, 0.4) is 0 Å². The molecule has 6 heteroatoms. The standard InChI is InChI=1S/C15H20N2O3.ClH/c1-2-9-16(11-14(18)19)13-8-10-17(15(13)20)12-6-4-3-5-7-12;/h3-7,13H,2,8-11H2,1H3,(H,18,19);1H. The van der Waals surface area contributed by atoms with E-state index >= 15 is 0 Å². The summed E-state index contributed by atoms with van der Waals surface area (Å²) in [5.74, 6) is -0.879. The Kier molecular flexibility index (Phi) is 6.65. The van der Waals surface area contributed by atoms with Crippen molar-refractivity contribution in [3.8, 4) is 0 Å². The zero-order valence-corrected chi connectivity index (χ0v) is 12.9. The van der Waals surface area contributed by atoms with Crippen LogP contribution >= 0.6 is 12.4 Å². The first-order valence-electron chi connectivity index (χ1n) is 6.95. The van der Waals surface area contributed by atoms with Crippen LogP contribution in [0.15, 0.2) is 30.3 Å². The fraction of sp³-hybridized carbons (Fsp3) is 0.467. The third-order valence-electron chi connectivity index (χ3n) is 3.54. The minimum Gasteiger partial charge on any atom is -0.480 e. The molecule has 5 nitrogen and oxygen atoms in total. The fourth-order valence-electron chi connectivity index (χ4n) is 2.67. The van der Waals surface area contributed by atoms with Crippen LogP contribution in [0, 0.1) is 0 Å². The van der Waals surface area contributed by atoms with E-state index in [0.717, 1.165) is 12.1 Å². The van der Waals surface area contributed by atoms with Crippen LogP contribution < -0.4 is 4.90 Å². The quantitative estimate of drug-likeness (QED) is 0.873. The Morgan fingerprint density at radius 2 is 2.05 bits per heavy atom. The first kappa shape index (κ1) is 17.5. The molecule has 1 fully saturated rings. The van der Waals surface area contributed by atoms with Crippen molar-refractivity contribution >= 4 is 30.0 Å². The number of carbonyl (C=O) groups is 2. The van der Waals surface area contributed by atoms with Crippen molar-refractivity contribution < 1.29 is 14.7 Å². The highest BCUT2D eigenvalue weighted by atomic mass is 35.5. The molecule has 0 aromatic heterocycles. The van der Waals surface area contributed by atoms with Crippen molar-refractivity contribution in [1.29, 1.82) is 0 Å². The number of amides is 1. The Labute approximate surface area is 131 Å². The molecule has 1 aliphatic rings. The summed E-state index contributed by atoms with van der Waals surface area (Å²) in [5, 5.41) is 8.97. The molecule has 0 radical (unpaired) electrons. The van der Waals surface area contributed by atoms with Crippen molar-refractivity contribution in [2.45, 2.75) is 25.8 Å². The van der Waals surface area contributed by atoms with Gasteiger partial charge in [-0.05, 0) is 31.5 Å². The molecule has 1 aliphatic heterocycles. The van der Waals surface area contributed by atoms with Gasteiger partial charge in [0.2, 0.25) is 5.91 Å². The number of hydrogen-bond acceptors (Lipinski definition) is 3. The number of carboxylic acid groups (broad SMARTS) is 1. The van der Waals surface area contributed by atoms with Crippen molar-refractivity contribution in [2.75, 3.05) is 24.5 Å². The van der Waals surface area contributed by atoms with E-state index in [4.69, 9.17) is 5.11 Å². The Morgan fingerprint density at radius 1 is 1.38 bits per heavy atom. The SMILES string of the molecule is CCCN(CC(=O)O)C1CCN(c2ccccc2)C1=O.Cl. The van der Waals surface area contributed by atoms with E-state index in [1.807, 2.05) is 37.3 Å². The van der Waals surface area contributed by atoms with Gasteiger partial charge in [-0.15, -0.1) is 12.4 Å². The molecule has 1 unspecified atom stereocenters. The van der Waals surface area contributed by atoms with Gasteiger partial charge in [-0.25, -0.2) is 0 Å². The number of anilines is 1. The summed E-state index contributed by atoms with van der Waals surface area (Å²) in [6, 6.07) is 9.21. The van der Waals surface area contributed by atoms with Gasteiger partial charge in [0, 0.05) is 12.2 Å². The molecule has 0 spiro atoms. The zero-order valence-electron chi connectivity index (χ0n) is 12.1. The average molecular weight is 313 g/mol. The number of benzene rings is 1. The highest BCUT2D eigenvalue weighted by Crippen LogP contribution is 2.24. The summed E-state index contributed by atoms with van der Waals surface area (Å²) in [6.07, 6.45) is 1.52. The largest absolute Gasteiger partial charge is 0.480 e. The predicted octanol–water partition coefficient (Wildman–Crippen LogP) is 2.01. The summed E-state index contributed by atoms with van der Waals surface area (Å²) >= 11 is 0. The third kappa shape index (κ3) is 4.19. The van der Waals surface area contributed by atoms with Gasteiger partial charge in [0.25, 0.3) is 0 Å². The van der Waals surface area contributed by atoms with E-state index in [9.17, 15) is 9.59 Å². The minimum atomic E-state index is -0.885. The maximum Gasteiger partial charge on any atom is 0.317 e. The first-order valence-corrected chi connectivity index (χ1v) is 6.95. The van der Waals surface area contributed by atoms with Crippen LogP contribution in [-0.4, -0.2) is 47.6 Å². The Balaban J connectivity index is 0.00000220. The predicted molar refractivity (Wildman–Crippen MR) is 83.9 cm³/mol. The highest BCUT2D eigenvalue weighted by Gasteiger charge is 2.36. The molecule has 1 amide bonds. The molecular formula is C15H21ClN2O3. The lowest BCUT2D eigenvalue weighted by atomic mass is 10.2. The van der Waals surface area contributed by atoms with Gasteiger partial charge in [-0.3, -0.25) is 14.5 Å². The number of halogens is 1. The number of carbonyl (C=O) groups excluding carboxylic acids is 1. The molecule has 116 valence electrons. The number of para-hydroxylation sites is 1. The summed E-state index contributed by atoms with van der Waals surface area (Å²) in [4.78, 5) is 26.9. The molecular weight excluding hydrogens is 292 g/mol. The van der Waals surface area contributed by atoms with Crippen LogP contribution in [-0.2, 0) is 9.59 Å². The van der Waals surface area contributed by atoms with Crippen molar-refractivity contribution in [3.63, 3.8) is 0 Å². The monoisotopic (exact) mass is 312 g/mol. The van der Waals surface area contributed by atoms with Gasteiger partial charge < -0.3 is 10.0 Å². The van der Waals surface area contributed by atoms with Crippen LogP contribution in [0.5, 0.6) is 0 Å². The number of hydrogen-bond donors (Lipinski definition) is 1. The minimum absolute atomic E-state index is 0. The maximum atomic E-state index is 12.5. The van der Waals surface area contributed by atoms with E-state index in [-0.39, 0.29) is 30.9 Å². The lowest BCUT2D eigenvalue weighted by Crippen LogP contribution is -2.44. The van der Waals surface area contributed by atoms with Crippen LogP contribution in [0.2, 0.25) is 0 Å². The second-order valence-electron chi connectivity index (χ2n) is 4.99. The highest BCUT2D eigenvalue weighted by molar-refractivity contribution is 5.99. The smallest absolute Gasteiger partial charge is 0.317 e. The molecule has 0 aliphatic carbocycles. The van der Waals surface area contributed by atoms with E-state index in [0.29, 0.717) is 19.5 Å². The van der Waals surface area contributed by atoms with E-state index in [2.05, 4.69) is 0 Å². The van der Waals surface area contributed by atoms with Crippen molar-refractivity contribution in [2.24, 2.45) is 0 Å². The van der Waals surface area contributed by atoms with Gasteiger partial charge in [0.15, 0.2) is 0 Å². The van der Waals surface area contributed by atoms with Crippen LogP contribution in [0.4, 0.5) is 5.69 Å². The topological polar surface area (TPSA) is 60.9 Å². The van der Waals surface area contributed by atoms with E-state index < -0.39 is 5.97 Å². The van der Waals surface area contributed by atoms with Gasteiger partial charge in [-0.1, -0.05) is 25.1 Å². The van der Waals surface area contributed by atoms with Crippen molar-refractivity contribution in [1.82, 2.24) is 4.90 Å². The molecule has 1 atom stereocenters. The van der Waals surface area contributed by atoms with Gasteiger partial charge in [-0.2, -0.15) is 0 Å². The Morgan fingerprint density at radius 3 is 2.62 bits per heavy atom. The molecule has 1 saturated heterocycles. The summed E-state index contributed by atoms with van der Waals surface area (Å²) in [7, 11) is 0. The Hall–Kier alpha value is -1.59. The van der Waals surface area contributed by atoms with Crippen LogP contribution in [0.25, 0.3) is 0 Å². The summed E-state index contributed by atoms with van der Waals surface area (Å²) < 4.78 is 0. The number of rotatable bonds is 6. The summed E-state index contributed by atoms with van der Waals surface area (Å²) in [6.45, 7) is 3.19. The lowest BCUT2D eigenvalue weighted by molar-refractivity contribution is -0.139. The van der Waals surface area contributed by atoms with Crippen molar-refractivity contribution in [3.05, 3.63) is 30.3 Å². The second kappa shape index (κ2) is 8.00. The Bertz CT molecular complexity index is 481. The fourth-order valence-corrected chi connectivity index (χ4v) is 2.67. The molecule has 1 heterocycles. The average Bonchev–Trinajstić information content (AvgIpc) is 2.80. The van der Waals surface area contributed by atoms with E-state index in [1.165, 1.54) is 0 Å². The zero-order chi connectivity index (χ0) is 14.5. The third-order valence-corrected chi connectivity index (χ3v) is 3.54. The second-order valence-corrected chi connectivity index (χ2v) is 4.99. The molecule has 1 aromatic rings. The molecule has 2 rings (SSSR count). The first-order chi connectivity index (χ1) is 9.63. The molecule has 1 N–H and O–H groups in total. The lowest BCUT2D eigenvalue weighted by Gasteiger charge is -2.25. The van der Waals surface area contributed by atoms with E-state index in [1.54, 1.807) is 9.80 Å². The number of aliphatic carboxylic acids is 1. The molecule has 1 aromatic carbocycles. The molecule has 0 saturated carbocycles. The maximum absolute atomic E-state index is 12.5. The number of carboxylic acids is 1. The summed E-state index contributed by atoms with van der Waals surface area (Å²) in [5.41, 5.74) is 0.881.